The zero-order valence-corrected chi connectivity index (χ0v) is 22.9. The van der Waals surface area contributed by atoms with E-state index >= 15 is 0 Å². The third-order valence-corrected chi connectivity index (χ3v) is 9.75. The predicted octanol–water partition coefficient (Wildman–Crippen LogP) is 6.00. The minimum atomic E-state index is -0.346. The van der Waals surface area contributed by atoms with Crippen LogP contribution in [0.15, 0.2) is 64.1 Å². The maximum atomic E-state index is 12.6. The summed E-state index contributed by atoms with van der Waals surface area (Å²) in [5, 5.41) is 15.1. The number of carbonyl (C=O) groups is 1. The topological polar surface area (TPSA) is 121 Å². The van der Waals surface area contributed by atoms with Gasteiger partial charge in [0.1, 0.15) is 5.82 Å². The fraction of sp³-hybridized carbons (Fsp3) is 0.179. The number of rotatable bonds is 6. The minimum Gasteiger partial charge on any atom is -0.383 e. The molecule has 0 aromatic carbocycles. The van der Waals surface area contributed by atoms with Crippen LogP contribution in [0.4, 0.5) is 5.82 Å². The van der Waals surface area contributed by atoms with Gasteiger partial charge in [0.25, 0.3) is 0 Å². The molecule has 1 aliphatic heterocycles. The number of aromatic amines is 1. The highest BCUT2D eigenvalue weighted by Gasteiger charge is 2.23. The first-order valence-electron chi connectivity index (χ1n) is 12.1. The van der Waals surface area contributed by atoms with E-state index in [0.29, 0.717) is 17.1 Å². The Labute approximate surface area is 228 Å². The number of nitrogens with two attached hydrogens (primary N) is 1. The molecule has 1 fully saturated rings. The quantitative estimate of drug-likeness (QED) is 0.156. The molecule has 0 unspecified atom stereocenters. The van der Waals surface area contributed by atoms with E-state index in [1.54, 1.807) is 23.7 Å². The van der Waals surface area contributed by atoms with Crippen LogP contribution in [0.5, 0.6) is 0 Å². The van der Waals surface area contributed by atoms with Crippen LogP contribution in [-0.2, 0) is 4.79 Å². The number of nitrogens with zero attached hydrogens (tertiary/aromatic N) is 2. The molecule has 0 bridgehead atoms. The Kier molecular flexibility index (Phi) is 6.56. The molecule has 0 radical (unpaired) electrons. The molecule has 0 saturated heterocycles. The Morgan fingerprint density at radius 1 is 1.22 bits per heavy atom. The van der Waals surface area contributed by atoms with Crippen molar-refractivity contribution in [2.75, 3.05) is 5.73 Å². The number of halogens is 1. The predicted molar refractivity (Wildman–Crippen MR) is 160 cm³/mol. The van der Waals surface area contributed by atoms with Crippen LogP contribution >= 0.6 is 32.1 Å². The smallest absolute Gasteiger partial charge is 0.227 e. The van der Waals surface area contributed by atoms with Crippen molar-refractivity contribution in [1.82, 2.24) is 20.3 Å². The third-order valence-electron chi connectivity index (χ3n) is 6.79. The summed E-state index contributed by atoms with van der Waals surface area (Å²) < 4.78 is 4.33. The maximum absolute atomic E-state index is 12.6. The van der Waals surface area contributed by atoms with Crippen LogP contribution in [0.25, 0.3) is 26.9 Å². The fourth-order valence-electron chi connectivity index (χ4n) is 4.83. The van der Waals surface area contributed by atoms with Crippen LogP contribution in [0.1, 0.15) is 42.5 Å². The van der Waals surface area contributed by atoms with Crippen LogP contribution in [0, 0.1) is 11.3 Å². The Hall–Kier alpha value is -3.44. The highest BCUT2D eigenvalue weighted by atomic mass is 127. The number of amides is 1. The number of pyridine rings is 2. The monoisotopic (exact) mass is 620 g/mol. The van der Waals surface area contributed by atoms with Crippen LogP contribution < -0.4 is 11.1 Å². The van der Waals surface area contributed by atoms with Gasteiger partial charge in [0.2, 0.25) is 5.91 Å². The number of carbonyl (C=O) groups excluding carboxylic acids is 1. The second-order valence-electron chi connectivity index (χ2n) is 9.21. The largest absolute Gasteiger partial charge is 0.383 e. The van der Waals surface area contributed by atoms with E-state index in [2.05, 4.69) is 34.4 Å². The molecule has 186 valence electrons. The molecule has 9 heteroatoms. The zero-order chi connectivity index (χ0) is 25.4. The second-order valence-corrected chi connectivity index (χ2v) is 12.1. The third kappa shape index (κ3) is 4.80. The number of hydrogen-bond donors (Lipinski definition) is 4. The first-order chi connectivity index (χ1) is 18.1. The molecule has 0 atom stereocenters. The summed E-state index contributed by atoms with van der Waals surface area (Å²) in [6.07, 6.45) is 11.6. The standard InChI is InChI=1S/C28H25IN6OS/c30-26(23-10-20-22(25-6-3-7-37-25)14-32-15-24(20)35-23)21-9-18(13-33-27(21)31)17-8-19(12-29-11-17)34-28(36)16-4-1-2-5-16/h3,6-16,30,35H,1-2,4-5H2,(H2,31,33)(H,34,36). The number of nitrogen functional groups attached to an aromatic ring is 1. The average molecular weight is 621 g/mol. The lowest BCUT2D eigenvalue weighted by Crippen LogP contribution is -2.29. The Morgan fingerprint density at radius 2 is 2.08 bits per heavy atom. The highest BCUT2D eigenvalue weighted by molar-refractivity contribution is 14.2. The number of fused-ring (bicyclic) bond motifs is 1. The van der Waals surface area contributed by atoms with E-state index in [0.717, 1.165) is 63.9 Å². The number of anilines is 1. The first kappa shape index (κ1) is 23.9. The second kappa shape index (κ2) is 10.1. The number of nitrogens with one attached hydrogen (secondary N) is 3. The highest BCUT2D eigenvalue weighted by Crippen LogP contribution is 2.33. The van der Waals surface area contributed by atoms with Crippen molar-refractivity contribution < 1.29 is 4.79 Å². The molecule has 4 aromatic heterocycles. The van der Waals surface area contributed by atoms with E-state index in [4.69, 9.17) is 11.1 Å². The summed E-state index contributed by atoms with van der Waals surface area (Å²) in [4.78, 5) is 25.9. The van der Waals surface area contributed by atoms with Gasteiger partial charge < -0.3 is 16.0 Å². The van der Waals surface area contributed by atoms with Gasteiger partial charge in [0.05, 0.1) is 23.1 Å². The summed E-state index contributed by atoms with van der Waals surface area (Å²) in [5.41, 5.74) is 12.4. The fourth-order valence-corrected chi connectivity index (χ4v) is 7.41. The zero-order valence-electron chi connectivity index (χ0n) is 19.9. The lowest BCUT2D eigenvalue weighted by atomic mass is 10.0. The lowest BCUT2D eigenvalue weighted by molar-refractivity contribution is -0.123. The van der Waals surface area contributed by atoms with Crippen LogP contribution in [0.2, 0.25) is 0 Å². The number of hydrogen-bond acceptors (Lipinski definition) is 6. The Bertz CT molecular complexity index is 1610. The van der Waals surface area contributed by atoms with Crippen molar-refractivity contribution in [2.24, 2.45) is 5.92 Å². The van der Waals surface area contributed by atoms with Crippen molar-refractivity contribution in [2.45, 2.75) is 25.7 Å². The maximum Gasteiger partial charge on any atom is 0.227 e. The molecular formula is C28H25IN6OS. The van der Waals surface area contributed by atoms with Gasteiger partial charge in [-0.1, -0.05) is 39.6 Å². The van der Waals surface area contributed by atoms with Crippen molar-refractivity contribution in [3.05, 3.63) is 80.9 Å². The molecule has 5 heterocycles. The number of thiophene rings is 1. The Balaban J connectivity index is 1.29. The SMILES string of the molecule is N=C(c1cc2c(-c3cccs3)cncc2[nH]1)c1cc(C2=CI=CC(NC(=O)C3CCCC3)=C2)cnc1N. The van der Waals surface area contributed by atoms with Gasteiger partial charge in [0.15, 0.2) is 0 Å². The summed E-state index contributed by atoms with van der Waals surface area (Å²) in [6, 6.07) is 7.99. The molecule has 0 spiro atoms. The van der Waals surface area contributed by atoms with E-state index in [1.807, 2.05) is 35.9 Å². The van der Waals surface area contributed by atoms with Gasteiger partial charge in [-0.3, -0.25) is 15.2 Å². The van der Waals surface area contributed by atoms with Crippen molar-refractivity contribution >= 4 is 70.0 Å². The molecule has 37 heavy (non-hydrogen) atoms. The molecule has 1 amide bonds. The molecule has 4 aromatic rings. The Morgan fingerprint density at radius 3 is 2.89 bits per heavy atom. The van der Waals surface area contributed by atoms with Crippen molar-refractivity contribution in [1.29, 1.82) is 5.41 Å². The van der Waals surface area contributed by atoms with Gasteiger partial charge >= 0.3 is 0 Å². The van der Waals surface area contributed by atoms with E-state index in [9.17, 15) is 4.79 Å². The van der Waals surface area contributed by atoms with Crippen molar-refractivity contribution in [3.8, 4) is 10.4 Å². The molecule has 1 saturated carbocycles. The van der Waals surface area contributed by atoms with E-state index < -0.39 is 0 Å². The lowest BCUT2D eigenvalue weighted by Gasteiger charge is -2.14. The summed E-state index contributed by atoms with van der Waals surface area (Å²) in [7, 11) is 0. The van der Waals surface area contributed by atoms with Gasteiger partial charge in [-0.2, -0.15) is 0 Å². The van der Waals surface area contributed by atoms with E-state index in [1.165, 1.54) is 0 Å². The average Bonchev–Trinajstić information content (AvgIpc) is 3.70. The molecule has 6 rings (SSSR count). The normalized spacial score (nSPS) is 15.8. The van der Waals surface area contributed by atoms with Crippen LogP contribution in [-0.4, -0.2) is 30.6 Å². The first-order valence-corrected chi connectivity index (χ1v) is 15.5. The van der Waals surface area contributed by atoms with Gasteiger partial charge in [0, 0.05) is 51.0 Å². The molecule has 5 N–H and O–H groups in total. The van der Waals surface area contributed by atoms with Gasteiger partial charge in [-0.05, 0) is 56.2 Å². The number of aromatic nitrogens is 3. The summed E-state index contributed by atoms with van der Waals surface area (Å²) in [5.74, 6) is 0.553. The molecule has 7 nitrogen and oxygen atoms in total. The van der Waals surface area contributed by atoms with E-state index in [-0.39, 0.29) is 38.3 Å². The van der Waals surface area contributed by atoms with Crippen molar-refractivity contribution in [3.63, 3.8) is 0 Å². The van der Waals surface area contributed by atoms with Crippen LogP contribution in [0.3, 0.4) is 0 Å². The van der Waals surface area contributed by atoms with Gasteiger partial charge in [-0.25, -0.2) is 4.98 Å². The number of H-pyrrole nitrogens is 1. The molecule has 2 aliphatic rings. The minimum absolute atomic E-state index is 0.123. The molecular weight excluding hydrogens is 595 g/mol. The summed E-state index contributed by atoms with van der Waals surface area (Å²) in [6.45, 7) is 0. The van der Waals surface area contributed by atoms with Gasteiger partial charge in [-0.15, -0.1) is 11.3 Å². The molecule has 1 aliphatic carbocycles. The number of allylic oxidation sites excluding steroid dienone is 3. The summed E-state index contributed by atoms with van der Waals surface area (Å²) >= 11 is 1.31.